The molecule has 0 atom stereocenters. The molecule has 1 heterocycles. The van der Waals surface area contributed by atoms with E-state index in [9.17, 15) is 0 Å². The molecular formula is C16H22N4O. The first kappa shape index (κ1) is 15.1. The highest BCUT2D eigenvalue weighted by Gasteiger charge is 2.16. The number of ether oxygens (including phenoxy) is 1. The Morgan fingerprint density at radius 3 is 2.43 bits per heavy atom. The van der Waals surface area contributed by atoms with E-state index < -0.39 is 0 Å². The zero-order valence-corrected chi connectivity index (χ0v) is 13.1. The SMILES string of the molecule is CCNc1ncnc(N(C)c2ccc(CC)cc2)c1OC. The van der Waals surface area contributed by atoms with Crippen molar-refractivity contribution in [1.82, 2.24) is 9.97 Å². The Morgan fingerprint density at radius 1 is 1.14 bits per heavy atom. The average molecular weight is 286 g/mol. The summed E-state index contributed by atoms with van der Waals surface area (Å²) in [6.07, 6.45) is 2.58. The molecule has 0 aliphatic carbocycles. The highest BCUT2D eigenvalue weighted by atomic mass is 16.5. The summed E-state index contributed by atoms with van der Waals surface area (Å²) < 4.78 is 5.49. The van der Waals surface area contributed by atoms with Gasteiger partial charge in [0.15, 0.2) is 11.6 Å². The van der Waals surface area contributed by atoms with Crippen LogP contribution in [0.15, 0.2) is 30.6 Å². The van der Waals surface area contributed by atoms with Crippen molar-refractivity contribution in [3.05, 3.63) is 36.2 Å². The molecule has 0 aliphatic heterocycles. The molecule has 0 unspecified atom stereocenters. The summed E-state index contributed by atoms with van der Waals surface area (Å²) in [5.74, 6) is 2.11. The Balaban J connectivity index is 2.37. The largest absolute Gasteiger partial charge is 0.490 e. The number of nitrogens with zero attached hydrogens (tertiary/aromatic N) is 3. The van der Waals surface area contributed by atoms with E-state index in [-0.39, 0.29) is 0 Å². The van der Waals surface area contributed by atoms with E-state index in [0.29, 0.717) is 11.6 Å². The summed E-state index contributed by atoms with van der Waals surface area (Å²) in [5, 5.41) is 3.19. The third-order valence-corrected chi connectivity index (χ3v) is 3.38. The molecule has 0 fully saturated rings. The highest BCUT2D eigenvalue weighted by molar-refractivity contribution is 5.71. The molecule has 0 aliphatic rings. The second kappa shape index (κ2) is 6.92. The number of aromatic nitrogens is 2. The van der Waals surface area contributed by atoms with Gasteiger partial charge in [-0.15, -0.1) is 0 Å². The molecule has 1 N–H and O–H groups in total. The standard InChI is InChI=1S/C16H22N4O/c1-5-12-7-9-13(10-8-12)20(3)16-14(21-4)15(17-6-2)18-11-19-16/h7-11H,5-6H2,1-4H3,(H,17,18,19). The van der Waals surface area contributed by atoms with Crippen LogP contribution >= 0.6 is 0 Å². The summed E-state index contributed by atoms with van der Waals surface area (Å²) in [5.41, 5.74) is 2.38. The van der Waals surface area contributed by atoms with Gasteiger partial charge in [0.1, 0.15) is 6.33 Å². The van der Waals surface area contributed by atoms with Crippen molar-refractivity contribution in [2.75, 3.05) is 30.9 Å². The van der Waals surface area contributed by atoms with Crippen molar-refractivity contribution < 1.29 is 4.74 Å². The molecule has 112 valence electrons. The van der Waals surface area contributed by atoms with E-state index in [0.717, 1.165) is 24.5 Å². The maximum Gasteiger partial charge on any atom is 0.204 e. The average Bonchev–Trinajstić information content (AvgIpc) is 2.54. The summed E-state index contributed by atoms with van der Waals surface area (Å²) >= 11 is 0. The maximum absolute atomic E-state index is 5.49. The van der Waals surface area contributed by atoms with Gasteiger partial charge in [0.25, 0.3) is 0 Å². The topological polar surface area (TPSA) is 50.3 Å². The number of anilines is 3. The van der Waals surface area contributed by atoms with Crippen molar-refractivity contribution in [3.63, 3.8) is 0 Å². The molecule has 0 amide bonds. The van der Waals surface area contributed by atoms with Gasteiger partial charge in [-0.25, -0.2) is 9.97 Å². The van der Waals surface area contributed by atoms with Crippen LogP contribution in [0, 0.1) is 0 Å². The van der Waals surface area contributed by atoms with Crippen LogP contribution in [0.4, 0.5) is 17.3 Å². The molecule has 5 heteroatoms. The monoisotopic (exact) mass is 286 g/mol. The number of methoxy groups -OCH3 is 1. The molecule has 1 aromatic heterocycles. The quantitative estimate of drug-likeness (QED) is 0.883. The molecule has 5 nitrogen and oxygen atoms in total. The van der Waals surface area contributed by atoms with Gasteiger partial charge < -0.3 is 15.0 Å². The van der Waals surface area contributed by atoms with Gasteiger partial charge in [0.2, 0.25) is 5.75 Å². The van der Waals surface area contributed by atoms with Crippen LogP contribution in [0.2, 0.25) is 0 Å². The molecule has 0 bridgehead atoms. The lowest BCUT2D eigenvalue weighted by atomic mass is 10.1. The Hall–Kier alpha value is -2.30. The number of rotatable bonds is 6. The minimum atomic E-state index is 0.654. The van der Waals surface area contributed by atoms with Crippen LogP contribution in [0.5, 0.6) is 5.75 Å². The fourth-order valence-electron chi connectivity index (χ4n) is 2.16. The van der Waals surface area contributed by atoms with Crippen LogP contribution in [-0.2, 0) is 6.42 Å². The first-order valence-electron chi connectivity index (χ1n) is 7.16. The predicted molar refractivity (Wildman–Crippen MR) is 86.6 cm³/mol. The summed E-state index contributed by atoms with van der Waals surface area (Å²) in [6, 6.07) is 8.44. The van der Waals surface area contributed by atoms with Crippen LogP contribution in [0.25, 0.3) is 0 Å². The lowest BCUT2D eigenvalue weighted by molar-refractivity contribution is 0.414. The molecule has 0 radical (unpaired) electrons. The molecule has 0 spiro atoms. The first-order valence-corrected chi connectivity index (χ1v) is 7.16. The summed E-state index contributed by atoms with van der Waals surface area (Å²) in [7, 11) is 3.61. The lowest BCUT2D eigenvalue weighted by Gasteiger charge is -2.22. The van der Waals surface area contributed by atoms with Gasteiger partial charge in [-0.2, -0.15) is 0 Å². The van der Waals surface area contributed by atoms with E-state index in [4.69, 9.17) is 4.74 Å². The Bertz CT molecular complexity index is 583. The van der Waals surface area contributed by atoms with Crippen LogP contribution < -0.4 is 15.0 Å². The maximum atomic E-state index is 5.49. The molecule has 2 aromatic rings. The van der Waals surface area contributed by atoms with Gasteiger partial charge >= 0.3 is 0 Å². The van der Waals surface area contributed by atoms with E-state index in [1.807, 2.05) is 18.9 Å². The van der Waals surface area contributed by atoms with Gasteiger partial charge in [-0.05, 0) is 31.0 Å². The normalized spacial score (nSPS) is 10.3. The molecule has 0 saturated carbocycles. The fraction of sp³-hybridized carbons (Fsp3) is 0.375. The third-order valence-electron chi connectivity index (χ3n) is 3.38. The summed E-state index contributed by atoms with van der Waals surface area (Å²) in [6.45, 7) is 4.95. The zero-order valence-electron chi connectivity index (χ0n) is 13.1. The van der Waals surface area contributed by atoms with Crippen molar-refractivity contribution in [1.29, 1.82) is 0 Å². The smallest absolute Gasteiger partial charge is 0.204 e. The Kier molecular flexibility index (Phi) is 4.98. The van der Waals surface area contributed by atoms with E-state index in [2.05, 4.69) is 46.5 Å². The van der Waals surface area contributed by atoms with Gasteiger partial charge in [-0.3, -0.25) is 0 Å². The van der Waals surface area contributed by atoms with Crippen molar-refractivity contribution in [2.24, 2.45) is 0 Å². The molecule has 0 saturated heterocycles. The van der Waals surface area contributed by atoms with Crippen molar-refractivity contribution in [3.8, 4) is 5.75 Å². The minimum Gasteiger partial charge on any atom is -0.490 e. The zero-order chi connectivity index (χ0) is 15.2. The highest BCUT2D eigenvalue weighted by Crippen LogP contribution is 2.34. The Morgan fingerprint density at radius 2 is 1.86 bits per heavy atom. The van der Waals surface area contributed by atoms with E-state index >= 15 is 0 Å². The van der Waals surface area contributed by atoms with Crippen LogP contribution in [-0.4, -0.2) is 30.7 Å². The van der Waals surface area contributed by atoms with Gasteiger partial charge in [0.05, 0.1) is 7.11 Å². The minimum absolute atomic E-state index is 0.654. The fourth-order valence-corrected chi connectivity index (χ4v) is 2.16. The lowest BCUT2D eigenvalue weighted by Crippen LogP contribution is -2.14. The number of nitrogens with one attached hydrogen (secondary N) is 1. The molecule has 2 rings (SSSR count). The third kappa shape index (κ3) is 3.24. The van der Waals surface area contributed by atoms with Crippen molar-refractivity contribution >= 4 is 17.3 Å². The van der Waals surface area contributed by atoms with Gasteiger partial charge in [0, 0.05) is 19.3 Å². The van der Waals surface area contributed by atoms with Gasteiger partial charge in [-0.1, -0.05) is 19.1 Å². The number of benzene rings is 1. The Labute approximate surface area is 126 Å². The van der Waals surface area contributed by atoms with E-state index in [1.165, 1.54) is 5.56 Å². The second-order valence-corrected chi connectivity index (χ2v) is 4.69. The molecular weight excluding hydrogens is 264 g/mol. The summed E-state index contributed by atoms with van der Waals surface area (Å²) in [4.78, 5) is 10.6. The number of aryl methyl sites for hydroxylation is 1. The number of hydrogen-bond acceptors (Lipinski definition) is 5. The van der Waals surface area contributed by atoms with Crippen LogP contribution in [0.1, 0.15) is 19.4 Å². The first-order chi connectivity index (χ1) is 10.2. The van der Waals surface area contributed by atoms with Crippen molar-refractivity contribution in [2.45, 2.75) is 20.3 Å². The molecule has 1 aromatic carbocycles. The second-order valence-electron chi connectivity index (χ2n) is 4.69. The van der Waals surface area contributed by atoms with Crippen LogP contribution in [0.3, 0.4) is 0 Å². The predicted octanol–water partition coefficient (Wildman–Crippen LogP) is 3.25. The number of hydrogen-bond donors (Lipinski definition) is 1. The van der Waals surface area contributed by atoms with E-state index in [1.54, 1.807) is 13.4 Å². The molecule has 21 heavy (non-hydrogen) atoms.